The van der Waals surface area contributed by atoms with Crippen molar-refractivity contribution in [2.24, 2.45) is 0 Å². The maximum Gasteiger partial charge on any atom is 0.256 e. The second-order valence-electron chi connectivity index (χ2n) is 10.00. The molecule has 1 amide bonds. The van der Waals surface area contributed by atoms with Crippen LogP contribution in [-0.4, -0.2) is 41.5 Å². The number of carbonyl (C=O) groups is 1. The van der Waals surface area contributed by atoms with Gasteiger partial charge in [0.1, 0.15) is 6.61 Å². The highest BCUT2D eigenvalue weighted by Gasteiger charge is 2.73. The first-order chi connectivity index (χ1) is 18.8. The monoisotopic (exact) mass is 631 g/mol. The summed E-state index contributed by atoms with van der Waals surface area (Å²) in [6, 6.07) is 14.8. The quantitative estimate of drug-likeness (QED) is 0.250. The second-order valence-corrected chi connectivity index (χ2v) is 11.7. The predicted octanol–water partition coefficient (Wildman–Crippen LogP) is 6.40. The van der Waals surface area contributed by atoms with Crippen molar-refractivity contribution in [2.45, 2.75) is 43.0 Å². The molecule has 202 valence electrons. The number of para-hydroxylation sites is 1. The van der Waals surface area contributed by atoms with Gasteiger partial charge in [-0.1, -0.05) is 47.5 Å². The van der Waals surface area contributed by atoms with E-state index >= 15 is 0 Å². The van der Waals surface area contributed by atoms with Crippen LogP contribution in [0.15, 0.2) is 59.1 Å². The van der Waals surface area contributed by atoms with Gasteiger partial charge in [0, 0.05) is 28.8 Å². The third kappa shape index (κ3) is 4.01. The molecular formula is C28H24BrCl2N3O5. The van der Waals surface area contributed by atoms with Crippen molar-refractivity contribution in [1.82, 2.24) is 4.90 Å². The van der Waals surface area contributed by atoms with E-state index in [0.29, 0.717) is 49.4 Å². The predicted molar refractivity (Wildman–Crippen MR) is 151 cm³/mol. The number of hydrogen-bond acceptors (Lipinski definition) is 6. The number of hydrogen-bond donors (Lipinski definition) is 1. The minimum Gasteiger partial charge on any atom is -0.493 e. The van der Waals surface area contributed by atoms with Crippen molar-refractivity contribution >= 4 is 50.7 Å². The number of nitrogens with zero attached hydrogens (tertiary/aromatic N) is 2. The first-order valence-corrected chi connectivity index (χ1v) is 14.1. The van der Waals surface area contributed by atoms with E-state index in [1.54, 1.807) is 24.3 Å². The SMILES string of the molecule is COc1cc([C@H]2[C@H]([N+](=O)[O-])[C@@]3(C(=O)Nc4ccccc43)N3CCC[C@@H]23)cc(Br)c1OCc1ccc(Cl)c(Cl)c1. The Morgan fingerprint density at radius 3 is 2.72 bits per heavy atom. The van der Waals surface area contributed by atoms with E-state index in [9.17, 15) is 14.9 Å². The smallest absolute Gasteiger partial charge is 0.256 e. The Hall–Kier alpha value is -2.85. The van der Waals surface area contributed by atoms with Gasteiger partial charge in [0.15, 0.2) is 17.0 Å². The summed E-state index contributed by atoms with van der Waals surface area (Å²) < 4.78 is 12.4. The zero-order chi connectivity index (χ0) is 27.5. The van der Waals surface area contributed by atoms with Gasteiger partial charge in [0.2, 0.25) is 0 Å². The van der Waals surface area contributed by atoms with Gasteiger partial charge >= 0.3 is 0 Å². The fourth-order valence-electron chi connectivity index (χ4n) is 6.63. The Balaban J connectivity index is 1.41. The van der Waals surface area contributed by atoms with Crippen LogP contribution < -0.4 is 14.8 Å². The van der Waals surface area contributed by atoms with E-state index in [0.717, 1.165) is 18.4 Å². The molecule has 0 bridgehead atoms. The molecular weight excluding hydrogens is 609 g/mol. The largest absolute Gasteiger partial charge is 0.493 e. The highest BCUT2D eigenvalue weighted by molar-refractivity contribution is 9.10. The third-order valence-corrected chi connectivity index (χ3v) is 9.43. The normalized spacial score (nSPS) is 25.4. The molecule has 2 fully saturated rings. The summed E-state index contributed by atoms with van der Waals surface area (Å²) in [6.45, 7) is 0.818. The van der Waals surface area contributed by atoms with Gasteiger partial charge in [-0.25, -0.2) is 0 Å². The molecule has 2 saturated heterocycles. The zero-order valence-corrected chi connectivity index (χ0v) is 23.9. The summed E-state index contributed by atoms with van der Waals surface area (Å²) in [5.41, 5.74) is 1.45. The van der Waals surface area contributed by atoms with E-state index in [1.165, 1.54) is 7.11 Å². The summed E-state index contributed by atoms with van der Waals surface area (Å²) in [4.78, 5) is 28.3. The Morgan fingerprint density at radius 2 is 1.97 bits per heavy atom. The molecule has 0 radical (unpaired) electrons. The number of fused-ring (bicyclic) bond motifs is 4. The van der Waals surface area contributed by atoms with Crippen molar-refractivity contribution in [2.75, 3.05) is 19.0 Å². The molecule has 6 rings (SSSR count). The molecule has 4 atom stereocenters. The van der Waals surface area contributed by atoms with Crippen LogP contribution in [0.4, 0.5) is 5.69 Å². The minimum atomic E-state index is -1.38. The first-order valence-electron chi connectivity index (χ1n) is 12.5. The van der Waals surface area contributed by atoms with Crippen molar-refractivity contribution in [3.8, 4) is 11.5 Å². The Kier molecular flexibility index (Phi) is 6.74. The van der Waals surface area contributed by atoms with Gasteiger partial charge in [-0.2, -0.15) is 0 Å². The number of ether oxygens (including phenoxy) is 2. The standard InChI is InChI=1S/C28H24BrCl2N3O5/c1-38-23-13-16(12-18(29)25(23)39-14-15-8-9-19(30)20(31)11-15)24-22-7-4-10-33(22)28(26(24)34(36)37)17-5-2-3-6-21(17)32-27(28)35/h2-3,5-6,8-9,11-13,22,24,26H,4,7,10,14H2,1H3,(H,32,35)/t22-,24+,26-,28-/m0/s1. The summed E-state index contributed by atoms with van der Waals surface area (Å²) in [5, 5.41) is 16.7. The maximum atomic E-state index is 13.7. The molecule has 0 unspecified atom stereocenters. The van der Waals surface area contributed by atoms with E-state index in [-0.39, 0.29) is 23.5 Å². The van der Waals surface area contributed by atoms with Gasteiger partial charge < -0.3 is 14.8 Å². The topological polar surface area (TPSA) is 93.9 Å². The number of nitrogens with one attached hydrogen (secondary N) is 1. The van der Waals surface area contributed by atoms with E-state index in [4.69, 9.17) is 32.7 Å². The lowest BCUT2D eigenvalue weighted by atomic mass is 9.77. The van der Waals surface area contributed by atoms with Crippen LogP contribution in [0.2, 0.25) is 10.0 Å². The molecule has 11 heteroatoms. The van der Waals surface area contributed by atoms with Crippen LogP contribution in [0.5, 0.6) is 11.5 Å². The van der Waals surface area contributed by atoms with E-state index in [2.05, 4.69) is 26.1 Å². The average Bonchev–Trinajstić information content (AvgIpc) is 3.58. The third-order valence-electron chi connectivity index (χ3n) is 8.10. The number of nitro groups is 1. The molecule has 3 aromatic carbocycles. The Labute approximate surface area is 243 Å². The van der Waals surface area contributed by atoms with Gasteiger partial charge in [-0.15, -0.1) is 0 Å². The molecule has 1 N–H and O–H groups in total. The average molecular weight is 633 g/mol. The lowest BCUT2D eigenvalue weighted by Crippen LogP contribution is -2.55. The molecule has 39 heavy (non-hydrogen) atoms. The van der Waals surface area contributed by atoms with Crippen LogP contribution >= 0.6 is 39.1 Å². The molecule has 3 aromatic rings. The molecule has 0 saturated carbocycles. The molecule has 0 aromatic heterocycles. The molecule has 0 aliphatic carbocycles. The lowest BCUT2D eigenvalue weighted by Gasteiger charge is -2.32. The van der Waals surface area contributed by atoms with Crippen molar-refractivity contribution in [3.63, 3.8) is 0 Å². The summed E-state index contributed by atoms with van der Waals surface area (Å²) in [6.07, 6.45) is 1.60. The van der Waals surface area contributed by atoms with Crippen molar-refractivity contribution in [1.29, 1.82) is 0 Å². The zero-order valence-electron chi connectivity index (χ0n) is 20.8. The van der Waals surface area contributed by atoms with Gasteiger partial charge in [-0.3, -0.25) is 19.8 Å². The number of rotatable bonds is 6. The summed E-state index contributed by atoms with van der Waals surface area (Å²) in [7, 11) is 1.53. The number of halogens is 3. The van der Waals surface area contributed by atoms with Crippen molar-refractivity contribution < 1.29 is 19.2 Å². The van der Waals surface area contributed by atoms with Crippen LogP contribution in [0.25, 0.3) is 0 Å². The number of amides is 1. The highest BCUT2D eigenvalue weighted by atomic mass is 79.9. The van der Waals surface area contributed by atoms with Gasteiger partial charge in [0.25, 0.3) is 11.9 Å². The number of anilines is 1. The molecule has 3 aliphatic rings. The lowest BCUT2D eigenvalue weighted by molar-refractivity contribution is -0.534. The Morgan fingerprint density at radius 1 is 1.18 bits per heavy atom. The minimum absolute atomic E-state index is 0.183. The van der Waals surface area contributed by atoms with Gasteiger partial charge in [-0.05, 0) is 70.2 Å². The molecule has 8 nitrogen and oxygen atoms in total. The van der Waals surface area contributed by atoms with Crippen LogP contribution in [0, 0.1) is 10.1 Å². The van der Waals surface area contributed by atoms with Crippen LogP contribution in [-0.2, 0) is 16.9 Å². The highest BCUT2D eigenvalue weighted by Crippen LogP contribution is 2.58. The molecule has 3 aliphatic heterocycles. The van der Waals surface area contributed by atoms with E-state index in [1.807, 2.05) is 30.3 Å². The Bertz CT molecular complexity index is 1500. The van der Waals surface area contributed by atoms with Crippen LogP contribution in [0.1, 0.15) is 35.4 Å². The second kappa shape index (κ2) is 9.96. The number of carbonyl (C=O) groups excluding carboxylic acids is 1. The summed E-state index contributed by atoms with van der Waals surface area (Å²) in [5.74, 6) is 0.00867. The van der Waals surface area contributed by atoms with E-state index < -0.39 is 17.5 Å². The van der Waals surface area contributed by atoms with Crippen molar-refractivity contribution in [3.05, 3.63) is 95.9 Å². The summed E-state index contributed by atoms with van der Waals surface area (Å²) >= 11 is 15.8. The van der Waals surface area contributed by atoms with Crippen LogP contribution in [0.3, 0.4) is 0 Å². The molecule has 1 spiro atoms. The molecule has 3 heterocycles. The fraction of sp³-hybridized carbons (Fsp3) is 0.321. The number of benzene rings is 3. The maximum absolute atomic E-state index is 13.7. The van der Waals surface area contributed by atoms with Gasteiger partial charge in [0.05, 0.1) is 27.5 Å². The fourth-order valence-corrected chi connectivity index (χ4v) is 7.53. The first kappa shape index (κ1) is 26.4. The number of methoxy groups -OCH3 is 1.